The topological polar surface area (TPSA) is 77.2 Å². The third kappa shape index (κ3) is 3.67. The predicted molar refractivity (Wildman–Crippen MR) is 67.8 cm³/mol. The van der Waals surface area contributed by atoms with E-state index in [9.17, 15) is 35.2 Å². The zero-order chi connectivity index (χ0) is 17.3. The number of hydrogen-bond acceptors (Lipinski definition) is 3. The van der Waals surface area contributed by atoms with Crippen LogP contribution in [0.25, 0.3) is 0 Å². The van der Waals surface area contributed by atoms with Crippen LogP contribution in [0.4, 0.5) is 22.0 Å². The molecule has 1 atom stereocenters. The van der Waals surface area contributed by atoms with E-state index >= 15 is 0 Å². The lowest BCUT2D eigenvalue weighted by atomic mass is 10.1. The van der Waals surface area contributed by atoms with Crippen molar-refractivity contribution >= 4 is 27.3 Å². The van der Waals surface area contributed by atoms with Crippen LogP contribution in [-0.2, 0) is 19.6 Å². The molecular formula is C11H9ClF5NO3S. The van der Waals surface area contributed by atoms with Crippen molar-refractivity contribution in [2.45, 2.75) is 17.6 Å². The molecule has 1 amide bonds. The zero-order valence-corrected chi connectivity index (χ0v) is 12.2. The summed E-state index contributed by atoms with van der Waals surface area (Å²) in [5.41, 5.74) is 3.64. The maximum atomic E-state index is 14.7. The number of hydrogen-bond donors (Lipinski definition) is 1. The number of amides is 1. The molecule has 0 aliphatic carbocycles. The van der Waals surface area contributed by atoms with Crippen LogP contribution in [0.2, 0.25) is 5.02 Å². The normalized spacial score (nSPS) is 15.4. The van der Waals surface area contributed by atoms with Crippen LogP contribution in [0.5, 0.6) is 0 Å². The van der Waals surface area contributed by atoms with E-state index in [0.717, 1.165) is 6.07 Å². The second-order valence-electron chi connectivity index (χ2n) is 4.27. The quantitative estimate of drug-likeness (QED) is 0.814. The number of benzene rings is 1. The second-order valence-corrected chi connectivity index (χ2v) is 6.88. The monoisotopic (exact) mass is 365 g/mol. The highest BCUT2D eigenvalue weighted by Crippen LogP contribution is 2.36. The zero-order valence-electron chi connectivity index (χ0n) is 10.6. The van der Waals surface area contributed by atoms with Crippen LogP contribution in [0.15, 0.2) is 18.2 Å². The van der Waals surface area contributed by atoms with Gasteiger partial charge in [-0.2, -0.15) is 13.2 Å². The van der Waals surface area contributed by atoms with E-state index in [1.807, 2.05) is 0 Å². The minimum absolute atomic E-state index is 0.290. The summed E-state index contributed by atoms with van der Waals surface area (Å²) < 4.78 is 87.9. The fraction of sp³-hybridized carbons (Fsp3) is 0.364. The number of alkyl halides is 4. The molecule has 0 bridgehead atoms. The van der Waals surface area contributed by atoms with Crippen molar-refractivity contribution in [2.24, 2.45) is 5.73 Å². The molecule has 0 heterocycles. The first-order valence-corrected chi connectivity index (χ1v) is 7.57. The van der Waals surface area contributed by atoms with E-state index in [2.05, 4.69) is 5.73 Å². The molecule has 0 fully saturated rings. The lowest BCUT2D eigenvalue weighted by Gasteiger charge is -2.23. The SMILES string of the molecule is NC(=O)C(F)(c1ccc(Cl)c(F)c1)S(=O)(=O)CCC(F)(F)F. The molecule has 124 valence electrons. The number of carbonyl (C=O) groups excluding carboxylic acids is 1. The fourth-order valence-corrected chi connectivity index (χ4v) is 3.25. The Hall–Kier alpha value is -1.42. The maximum absolute atomic E-state index is 14.7. The molecule has 0 spiro atoms. The Bertz CT molecular complexity index is 691. The largest absolute Gasteiger partial charge is 0.390 e. The van der Waals surface area contributed by atoms with Gasteiger partial charge in [-0.05, 0) is 12.1 Å². The van der Waals surface area contributed by atoms with Gasteiger partial charge in [0.1, 0.15) is 5.82 Å². The summed E-state index contributed by atoms with van der Waals surface area (Å²) in [6.07, 6.45) is -6.78. The van der Waals surface area contributed by atoms with Crippen molar-refractivity contribution in [3.05, 3.63) is 34.6 Å². The number of halogens is 6. The van der Waals surface area contributed by atoms with Crippen molar-refractivity contribution in [2.75, 3.05) is 5.75 Å². The van der Waals surface area contributed by atoms with Crippen LogP contribution >= 0.6 is 11.6 Å². The summed E-state index contributed by atoms with van der Waals surface area (Å²) in [4.78, 5) is 11.2. The van der Waals surface area contributed by atoms with E-state index in [4.69, 9.17) is 11.6 Å². The van der Waals surface area contributed by atoms with Gasteiger partial charge in [-0.15, -0.1) is 0 Å². The fourth-order valence-electron chi connectivity index (χ4n) is 1.56. The standard InChI is InChI=1S/C11H9ClF5NO3S/c12-7-2-1-6(5-8(7)13)11(17,9(18)19)22(20,21)4-3-10(14,15)16/h1-2,5H,3-4H2,(H2,18,19). The Morgan fingerprint density at radius 1 is 1.23 bits per heavy atom. The second kappa shape index (κ2) is 5.99. The number of carbonyl (C=O) groups is 1. The van der Waals surface area contributed by atoms with Gasteiger partial charge in [0.2, 0.25) is 0 Å². The van der Waals surface area contributed by atoms with Gasteiger partial charge in [0.25, 0.3) is 5.91 Å². The first kappa shape index (κ1) is 18.6. The average Bonchev–Trinajstić information content (AvgIpc) is 2.37. The summed E-state index contributed by atoms with van der Waals surface area (Å²) in [7, 11) is -5.31. The minimum atomic E-state index is -5.31. The van der Waals surface area contributed by atoms with E-state index in [1.165, 1.54) is 0 Å². The van der Waals surface area contributed by atoms with Gasteiger partial charge in [-0.25, -0.2) is 17.2 Å². The Balaban J connectivity index is 3.37. The summed E-state index contributed by atoms with van der Waals surface area (Å²) in [5, 5.41) is -4.49. The van der Waals surface area contributed by atoms with Crippen LogP contribution in [0, 0.1) is 5.82 Å². The van der Waals surface area contributed by atoms with Gasteiger partial charge < -0.3 is 5.73 Å². The Labute approximate surface area is 127 Å². The molecule has 0 aliphatic heterocycles. The van der Waals surface area contributed by atoms with E-state index in [1.54, 1.807) is 0 Å². The van der Waals surface area contributed by atoms with Gasteiger partial charge in [0, 0.05) is 5.56 Å². The molecule has 2 N–H and O–H groups in total. The van der Waals surface area contributed by atoms with Crippen LogP contribution < -0.4 is 5.73 Å². The molecule has 1 rings (SSSR count). The average molecular weight is 366 g/mol. The number of sulfone groups is 1. The minimum Gasteiger partial charge on any atom is -0.366 e. The Morgan fingerprint density at radius 2 is 1.77 bits per heavy atom. The highest BCUT2D eigenvalue weighted by molar-refractivity contribution is 7.92. The van der Waals surface area contributed by atoms with Gasteiger partial charge in [-0.3, -0.25) is 4.79 Å². The van der Waals surface area contributed by atoms with Gasteiger partial charge in [0.15, 0.2) is 9.84 Å². The van der Waals surface area contributed by atoms with Gasteiger partial charge in [0.05, 0.1) is 17.2 Å². The summed E-state index contributed by atoms with van der Waals surface area (Å²) in [6, 6.07) is 1.70. The molecule has 1 unspecified atom stereocenters. The molecule has 0 radical (unpaired) electrons. The maximum Gasteiger partial charge on any atom is 0.390 e. The van der Waals surface area contributed by atoms with E-state index in [0.29, 0.717) is 6.07 Å². The van der Waals surface area contributed by atoms with E-state index < -0.39 is 55.5 Å². The molecule has 0 aliphatic rings. The van der Waals surface area contributed by atoms with E-state index in [-0.39, 0.29) is 6.07 Å². The highest BCUT2D eigenvalue weighted by atomic mass is 35.5. The summed E-state index contributed by atoms with van der Waals surface area (Å²) in [5.74, 6) is -5.05. The van der Waals surface area contributed by atoms with Gasteiger partial charge >= 0.3 is 11.2 Å². The van der Waals surface area contributed by atoms with Crippen molar-refractivity contribution in [1.82, 2.24) is 0 Å². The number of nitrogens with two attached hydrogens (primary N) is 1. The van der Waals surface area contributed by atoms with Crippen molar-refractivity contribution in [3.8, 4) is 0 Å². The lowest BCUT2D eigenvalue weighted by Crippen LogP contribution is -2.45. The molecule has 1 aromatic carbocycles. The van der Waals surface area contributed by atoms with Crippen molar-refractivity contribution in [1.29, 1.82) is 0 Å². The van der Waals surface area contributed by atoms with Crippen LogP contribution in [0.3, 0.4) is 0 Å². The summed E-state index contributed by atoms with van der Waals surface area (Å²) in [6.45, 7) is 0. The first-order chi connectivity index (χ1) is 9.81. The molecule has 11 heteroatoms. The predicted octanol–water partition coefficient (Wildman–Crippen LogP) is 2.45. The molecule has 0 aromatic heterocycles. The molecule has 0 saturated heterocycles. The Kier molecular flexibility index (Phi) is 5.08. The van der Waals surface area contributed by atoms with Crippen molar-refractivity contribution in [3.63, 3.8) is 0 Å². The third-order valence-corrected chi connectivity index (χ3v) is 5.03. The highest BCUT2D eigenvalue weighted by Gasteiger charge is 2.53. The number of primary amides is 1. The first-order valence-electron chi connectivity index (χ1n) is 5.54. The number of rotatable bonds is 5. The third-order valence-electron chi connectivity index (χ3n) is 2.69. The van der Waals surface area contributed by atoms with Crippen LogP contribution in [0.1, 0.15) is 12.0 Å². The van der Waals surface area contributed by atoms with Crippen molar-refractivity contribution < 1.29 is 35.2 Å². The molecule has 0 saturated carbocycles. The smallest absolute Gasteiger partial charge is 0.366 e. The Morgan fingerprint density at radius 3 is 2.18 bits per heavy atom. The molecule has 22 heavy (non-hydrogen) atoms. The molecular weight excluding hydrogens is 357 g/mol. The van der Waals surface area contributed by atoms with Crippen LogP contribution in [-0.4, -0.2) is 26.3 Å². The lowest BCUT2D eigenvalue weighted by molar-refractivity contribution is -0.131. The summed E-state index contributed by atoms with van der Waals surface area (Å²) >= 11 is 5.33. The van der Waals surface area contributed by atoms with Gasteiger partial charge in [-0.1, -0.05) is 17.7 Å². The molecule has 4 nitrogen and oxygen atoms in total. The molecule has 1 aromatic rings.